The van der Waals surface area contributed by atoms with E-state index in [-0.39, 0.29) is 17.5 Å². The molecule has 1 atom stereocenters. The number of hydrogen-bond donors (Lipinski definition) is 2. The Morgan fingerprint density at radius 1 is 1.24 bits per heavy atom. The zero-order valence-corrected chi connectivity index (χ0v) is 13.1. The third-order valence-corrected chi connectivity index (χ3v) is 6.25. The van der Waals surface area contributed by atoms with Crippen molar-refractivity contribution in [1.82, 2.24) is 4.72 Å². The molecule has 0 saturated carbocycles. The zero-order chi connectivity index (χ0) is 14.9. The highest BCUT2D eigenvalue weighted by atomic mass is 32.2. The number of hydrogen-bond acceptors (Lipinski definition) is 4. The second-order valence-electron chi connectivity index (χ2n) is 5.17. The predicted molar refractivity (Wildman–Crippen MR) is 82.7 cm³/mol. The molecule has 21 heavy (non-hydrogen) atoms. The Morgan fingerprint density at radius 3 is 2.71 bits per heavy atom. The van der Waals surface area contributed by atoms with Crippen molar-refractivity contribution in [2.24, 2.45) is 0 Å². The topological polar surface area (TPSA) is 66.4 Å². The SMILES string of the molecule is O=S(=O)(NC1CCCc2sccc21)c1ccc(CO)cc1. The summed E-state index contributed by atoms with van der Waals surface area (Å²) in [7, 11) is -3.53. The van der Waals surface area contributed by atoms with Crippen LogP contribution >= 0.6 is 11.3 Å². The van der Waals surface area contributed by atoms with Gasteiger partial charge in [-0.15, -0.1) is 11.3 Å². The molecule has 0 saturated heterocycles. The van der Waals surface area contributed by atoms with E-state index >= 15 is 0 Å². The summed E-state index contributed by atoms with van der Waals surface area (Å²) >= 11 is 1.69. The molecule has 1 heterocycles. The van der Waals surface area contributed by atoms with E-state index in [1.807, 2.05) is 11.4 Å². The Morgan fingerprint density at radius 2 is 2.00 bits per heavy atom. The van der Waals surface area contributed by atoms with Gasteiger partial charge in [0.2, 0.25) is 10.0 Å². The molecule has 4 nitrogen and oxygen atoms in total. The maximum atomic E-state index is 12.5. The molecule has 0 spiro atoms. The van der Waals surface area contributed by atoms with Gasteiger partial charge in [0.1, 0.15) is 0 Å². The molecule has 112 valence electrons. The van der Waals surface area contributed by atoms with E-state index < -0.39 is 10.0 Å². The summed E-state index contributed by atoms with van der Waals surface area (Å²) in [6.45, 7) is -0.0886. The highest BCUT2D eigenvalue weighted by Crippen LogP contribution is 2.34. The summed E-state index contributed by atoms with van der Waals surface area (Å²) in [5.74, 6) is 0. The van der Waals surface area contributed by atoms with Crippen molar-refractivity contribution in [2.45, 2.75) is 36.8 Å². The van der Waals surface area contributed by atoms with Gasteiger partial charge >= 0.3 is 0 Å². The Hall–Kier alpha value is -1.21. The van der Waals surface area contributed by atoms with Crippen molar-refractivity contribution < 1.29 is 13.5 Å². The molecule has 2 aromatic rings. The smallest absolute Gasteiger partial charge is 0.241 e. The van der Waals surface area contributed by atoms with E-state index in [1.165, 1.54) is 17.0 Å². The fourth-order valence-electron chi connectivity index (χ4n) is 2.64. The normalized spacial score (nSPS) is 18.4. The summed E-state index contributed by atoms with van der Waals surface area (Å²) in [6, 6.07) is 8.21. The monoisotopic (exact) mass is 323 g/mol. The van der Waals surface area contributed by atoms with Crippen LogP contribution in [0.3, 0.4) is 0 Å². The number of rotatable bonds is 4. The third-order valence-electron chi connectivity index (χ3n) is 3.77. The number of aliphatic hydroxyl groups excluding tert-OH is 1. The van der Waals surface area contributed by atoms with Crippen LogP contribution in [-0.2, 0) is 23.1 Å². The molecule has 2 N–H and O–H groups in total. The van der Waals surface area contributed by atoms with Gasteiger partial charge in [-0.2, -0.15) is 0 Å². The van der Waals surface area contributed by atoms with Crippen molar-refractivity contribution in [3.63, 3.8) is 0 Å². The summed E-state index contributed by atoms with van der Waals surface area (Å²) < 4.78 is 27.7. The first kappa shape index (κ1) is 14.7. The van der Waals surface area contributed by atoms with Crippen LogP contribution in [0.1, 0.15) is 34.9 Å². The van der Waals surface area contributed by atoms with Crippen molar-refractivity contribution in [3.8, 4) is 0 Å². The van der Waals surface area contributed by atoms with Crippen LogP contribution in [0.2, 0.25) is 0 Å². The van der Waals surface area contributed by atoms with Crippen LogP contribution in [0.15, 0.2) is 40.6 Å². The molecule has 3 rings (SSSR count). The van der Waals surface area contributed by atoms with Gasteiger partial charge in [0, 0.05) is 10.9 Å². The number of nitrogens with one attached hydrogen (secondary N) is 1. The summed E-state index contributed by atoms with van der Waals surface area (Å²) in [4.78, 5) is 1.52. The molecule has 0 aliphatic heterocycles. The first-order valence-electron chi connectivity index (χ1n) is 6.88. The minimum atomic E-state index is -3.53. The van der Waals surface area contributed by atoms with Gasteiger partial charge in [0.15, 0.2) is 0 Å². The van der Waals surface area contributed by atoms with E-state index in [9.17, 15) is 8.42 Å². The number of fused-ring (bicyclic) bond motifs is 1. The van der Waals surface area contributed by atoms with Crippen molar-refractivity contribution in [2.75, 3.05) is 0 Å². The fourth-order valence-corrected chi connectivity index (χ4v) is 4.88. The molecule has 1 aliphatic rings. The molecule has 6 heteroatoms. The highest BCUT2D eigenvalue weighted by Gasteiger charge is 2.26. The molecular weight excluding hydrogens is 306 g/mol. The molecule has 0 bridgehead atoms. The van der Waals surface area contributed by atoms with Gasteiger partial charge in [-0.1, -0.05) is 12.1 Å². The Labute approximate surface area is 128 Å². The molecule has 1 aromatic heterocycles. The first-order chi connectivity index (χ1) is 10.1. The standard InChI is InChI=1S/C15H17NO3S2/c17-10-11-4-6-12(7-5-11)21(18,19)16-14-2-1-3-15-13(14)8-9-20-15/h4-9,14,16-17H,1-3,10H2. The summed E-state index contributed by atoms with van der Waals surface area (Å²) in [5.41, 5.74) is 1.81. The van der Waals surface area contributed by atoms with Crippen LogP contribution in [0.25, 0.3) is 0 Å². The minimum Gasteiger partial charge on any atom is -0.392 e. The fraction of sp³-hybridized carbons (Fsp3) is 0.333. The Kier molecular flexibility index (Phi) is 4.12. The average molecular weight is 323 g/mol. The van der Waals surface area contributed by atoms with Crippen LogP contribution in [0, 0.1) is 0 Å². The van der Waals surface area contributed by atoms with Crippen LogP contribution in [-0.4, -0.2) is 13.5 Å². The maximum Gasteiger partial charge on any atom is 0.241 e. The lowest BCUT2D eigenvalue weighted by atomic mass is 9.95. The van der Waals surface area contributed by atoms with Gasteiger partial charge in [0.05, 0.1) is 11.5 Å². The second kappa shape index (κ2) is 5.88. The van der Waals surface area contributed by atoms with E-state index in [0.717, 1.165) is 24.8 Å². The maximum absolute atomic E-state index is 12.5. The van der Waals surface area contributed by atoms with E-state index in [2.05, 4.69) is 4.72 Å². The van der Waals surface area contributed by atoms with Crippen molar-refractivity contribution in [3.05, 3.63) is 51.7 Å². The van der Waals surface area contributed by atoms with Gasteiger partial charge in [-0.05, 0) is 54.0 Å². The molecular formula is C15H17NO3S2. The van der Waals surface area contributed by atoms with E-state index in [0.29, 0.717) is 5.56 Å². The molecule has 1 aromatic carbocycles. The molecule has 1 unspecified atom stereocenters. The largest absolute Gasteiger partial charge is 0.392 e. The number of sulfonamides is 1. The minimum absolute atomic E-state index is 0.0886. The quantitative estimate of drug-likeness (QED) is 0.909. The van der Waals surface area contributed by atoms with Gasteiger partial charge in [0.25, 0.3) is 0 Å². The van der Waals surface area contributed by atoms with Gasteiger partial charge < -0.3 is 5.11 Å². The Bertz CT molecular complexity index is 720. The third kappa shape index (κ3) is 3.03. The van der Waals surface area contributed by atoms with Crippen LogP contribution in [0.4, 0.5) is 0 Å². The predicted octanol–water partition coefficient (Wildman–Crippen LogP) is 2.60. The van der Waals surface area contributed by atoms with Crippen molar-refractivity contribution in [1.29, 1.82) is 0 Å². The number of thiophene rings is 1. The van der Waals surface area contributed by atoms with E-state index in [4.69, 9.17) is 5.11 Å². The van der Waals surface area contributed by atoms with E-state index in [1.54, 1.807) is 23.5 Å². The molecule has 0 radical (unpaired) electrons. The summed E-state index contributed by atoms with van der Waals surface area (Å²) in [5, 5.41) is 11.0. The lowest BCUT2D eigenvalue weighted by Gasteiger charge is -2.23. The number of aliphatic hydroxyl groups is 1. The molecule has 1 aliphatic carbocycles. The lowest BCUT2D eigenvalue weighted by Crippen LogP contribution is -2.30. The summed E-state index contributed by atoms with van der Waals surface area (Å²) in [6.07, 6.45) is 2.87. The van der Waals surface area contributed by atoms with Gasteiger partial charge in [-0.3, -0.25) is 0 Å². The van der Waals surface area contributed by atoms with Gasteiger partial charge in [-0.25, -0.2) is 13.1 Å². The average Bonchev–Trinajstić information content (AvgIpc) is 2.97. The van der Waals surface area contributed by atoms with Crippen molar-refractivity contribution >= 4 is 21.4 Å². The molecule has 0 fully saturated rings. The lowest BCUT2D eigenvalue weighted by molar-refractivity contribution is 0.282. The van der Waals surface area contributed by atoms with Crippen LogP contribution in [0.5, 0.6) is 0 Å². The highest BCUT2D eigenvalue weighted by molar-refractivity contribution is 7.89. The number of benzene rings is 1. The first-order valence-corrected chi connectivity index (χ1v) is 9.25. The van der Waals surface area contributed by atoms with Crippen LogP contribution < -0.4 is 4.72 Å². The Balaban J connectivity index is 1.84. The zero-order valence-electron chi connectivity index (χ0n) is 11.5. The molecule has 0 amide bonds. The second-order valence-corrected chi connectivity index (χ2v) is 7.88. The number of aryl methyl sites for hydroxylation is 1.